The highest BCUT2D eigenvalue weighted by atomic mass is 35.5. The summed E-state index contributed by atoms with van der Waals surface area (Å²) >= 11 is 7.25. The predicted molar refractivity (Wildman–Crippen MR) is 81.8 cm³/mol. The van der Waals surface area contributed by atoms with E-state index in [0.717, 1.165) is 17.5 Å². The quantitative estimate of drug-likeness (QED) is 0.901. The highest BCUT2D eigenvalue weighted by molar-refractivity contribution is 7.15. The summed E-state index contributed by atoms with van der Waals surface area (Å²) in [5.74, 6) is -0.120. The lowest BCUT2D eigenvalue weighted by atomic mass is 10.0. The second kappa shape index (κ2) is 6.08. The number of thiophene rings is 1. The zero-order chi connectivity index (χ0) is 13.8. The molecule has 1 aromatic heterocycles. The minimum atomic E-state index is -0.120. The highest BCUT2D eigenvalue weighted by Gasteiger charge is 2.18. The molecule has 0 saturated heterocycles. The van der Waals surface area contributed by atoms with Crippen LogP contribution in [0.4, 0.5) is 5.00 Å². The Labute approximate surface area is 121 Å². The van der Waals surface area contributed by atoms with Crippen molar-refractivity contribution >= 4 is 33.8 Å². The Morgan fingerprint density at radius 3 is 2.68 bits per heavy atom. The van der Waals surface area contributed by atoms with E-state index >= 15 is 0 Å². The standard InChI is InChI=1S/C14H15ClN2OS/c1-2-7-17-14(18)12-11(8-19-13(12)16)9-3-5-10(15)6-4-9/h3-6,8H,2,7,16H2,1H3,(H,17,18). The van der Waals surface area contributed by atoms with Crippen LogP contribution in [0.1, 0.15) is 23.7 Å². The molecule has 3 nitrogen and oxygen atoms in total. The summed E-state index contributed by atoms with van der Waals surface area (Å²) in [5.41, 5.74) is 8.27. The molecule has 0 fully saturated rings. The van der Waals surface area contributed by atoms with E-state index in [-0.39, 0.29) is 5.91 Å². The first-order chi connectivity index (χ1) is 9.13. The maximum Gasteiger partial charge on any atom is 0.254 e. The van der Waals surface area contributed by atoms with E-state index in [1.165, 1.54) is 11.3 Å². The molecule has 3 N–H and O–H groups in total. The van der Waals surface area contributed by atoms with Gasteiger partial charge in [-0.25, -0.2) is 0 Å². The fraction of sp³-hybridized carbons (Fsp3) is 0.214. The topological polar surface area (TPSA) is 55.1 Å². The smallest absolute Gasteiger partial charge is 0.254 e. The Morgan fingerprint density at radius 1 is 1.37 bits per heavy atom. The average molecular weight is 295 g/mol. The van der Waals surface area contributed by atoms with E-state index in [2.05, 4.69) is 5.32 Å². The Hall–Kier alpha value is -1.52. The zero-order valence-electron chi connectivity index (χ0n) is 10.6. The molecule has 5 heteroatoms. The Kier molecular flexibility index (Phi) is 4.45. The molecule has 100 valence electrons. The molecule has 0 atom stereocenters. The summed E-state index contributed by atoms with van der Waals surface area (Å²) < 4.78 is 0. The fourth-order valence-electron chi connectivity index (χ4n) is 1.78. The molecule has 0 unspecified atom stereocenters. The van der Waals surface area contributed by atoms with Gasteiger partial charge in [0.1, 0.15) is 0 Å². The molecule has 0 saturated carbocycles. The second-order valence-electron chi connectivity index (χ2n) is 4.15. The molecule has 0 aliphatic rings. The van der Waals surface area contributed by atoms with Crippen LogP contribution in [0.2, 0.25) is 5.02 Å². The molecule has 0 aliphatic heterocycles. The van der Waals surface area contributed by atoms with Crippen molar-refractivity contribution in [1.29, 1.82) is 0 Å². The third-order valence-electron chi connectivity index (χ3n) is 2.74. The van der Waals surface area contributed by atoms with E-state index < -0.39 is 0 Å². The van der Waals surface area contributed by atoms with E-state index in [1.54, 1.807) is 12.1 Å². The van der Waals surface area contributed by atoms with Crippen molar-refractivity contribution in [2.45, 2.75) is 13.3 Å². The number of halogens is 1. The van der Waals surface area contributed by atoms with E-state index in [1.807, 2.05) is 24.4 Å². The molecule has 2 rings (SSSR count). The SMILES string of the molecule is CCCNC(=O)c1c(-c2ccc(Cl)cc2)csc1N. The highest BCUT2D eigenvalue weighted by Crippen LogP contribution is 2.34. The minimum absolute atomic E-state index is 0.120. The van der Waals surface area contributed by atoms with Crippen molar-refractivity contribution in [3.8, 4) is 11.1 Å². The summed E-state index contributed by atoms with van der Waals surface area (Å²) in [6.45, 7) is 2.66. The largest absolute Gasteiger partial charge is 0.390 e. The van der Waals surface area contributed by atoms with E-state index in [9.17, 15) is 4.79 Å². The molecule has 0 aliphatic carbocycles. The molecule has 1 heterocycles. The van der Waals surface area contributed by atoms with E-state index in [0.29, 0.717) is 22.1 Å². The van der Waals surface area contributed by atoms with Gasteiger partial charge >= 0.3 is 0 Å². The predicted octanol–water partition coefficient (Wildman–Crippen LogP) is 3.79. The van der Waals surface area contributed by atoms with Crippen LogP contribution in [0.5, 0.6) is 0 Å². The molecule has 0 spiro atoms. The number of carbonyl (C=O) groups is 1. The normalized spacial score (nSPS) is 10.4. The van der Waals surface area contributed by atoms with Gasteiger partial charge in [-0.05, 0) is 24.1 Å². The Balaban J connectivity index is 2.37. The number of carbonyl (C=O) groups excluding carboxylic acids is 1. The third kappa shape index (κ3) is 3.08. The summed E-state index contributed by atoms with van der Waals surface area (Å²) in [6.07, 6.45) is 0.895. The second-order valence-corrected chi connectivity index (χ2v) is 5.50. The monoisotopic (exact) mass is 294 g/mol. The van der Waals surface area contributed by atoms with Crippen LogP contribution < -0.4 is 11.1 Å². The Morgan fingerprint density at radius 2 is 2.05 bits per heavy atom. The van der Waals surface area contributed by atoms with Gasteiger partial charge in [0.25, 0.3) is 5.91 Å². The first-order valence-electron chi connectivity index (χ1n) is 6.04. The number of nitrogens with two attached hydrogens (primary N) is 1. The number of amides is 1. The van der Waals surface area contributed by atoms with Crippen LogP contribution in [0, 0.1) is 0 Å². The van der Waals surface area contributed by atoms with Gasteiger partial charge in [-0.2, -0.15) is 0 Å². The minimum Gasteiger partial charge on any atom is -0.390 e. The number of rotatable bonds is 4. The molecule has 19 heavy (non-hydrogen) atoms. The summed E-state index contributed by atoms with van der Waals surface area (Å²) in [5, 5.41) is 5.97. The summed E-state index contributed by atoms with van der Waals surface area (Å²) in [4.78, 5) is 12.1. The Bertz CT molecular complexity index is 578. The molecule has 1 aromatic carbocycles. The van der Waals surface area contributed by atoms with Gasteiger partial charge in [0.05, 0.1) is 10.6 Å². The van der Waals surface area contributed by atoms with Gasteiger partial charge in [-0.3, -0.25) is 4.79 Å². The third-order valence-corrected chi connectivity index (χ3v) is 3.80. The lowest BCUT2D eigenvalue weighted by molar-refractivity contribution is 0.0955. The van der Waals surface area contributed by atoms with Crippen LogP contribution in [-0.2, 0) is 0 Å². The van der Waals surface area contributed by atoms with Crippen molar-refractivity contribution in [3.63, 3.8) is 0 Å². The van der Waals surface area contributed by atoms with Gasteiger partial charge < -0.3 is 11.1 Å². The van der Waals surface area contributed by atoms with Crippen molar-refractivity contribution < 1.29 is 4.79 Å². The number of anilines is 1. The van der Waals surface area contributed by atoms with Gasteiger partial charge in [-0.15, -0.1) is 11.3 Å². The van der Waals surface area contributed by atoms with Crippen molar-refractivity contribution in [2.24, 2.45) is 0 Å². The molecule has 2 aromatic rings. The van der Waals surface area contributed by atoms with Crippen LogP contribution in [0.25, 0.3) is 11.1 Å². The summed E-state index contributed by atoms with van der Waals surface area (Å²) in [6, 6.07) is 7.39. The lowest BCUT2D eigenvalue weighted by Gasteiger charge is -2.07. The van der Waals surface area contributed by atoms with Gasteiger partial charge in [0.15, 0.2) is 0 Å². The van der Waals surface area contributed by atoms with Crippen LogP contribution in [0.15, 0.2) is 29.6 Å². The maximum atomic E-state index is 12.1. The molecule has 0 bridgehead atoms. The van der Waals surface area contributed by atoms with Crippen LogP contribution in [-0.4, -0.2) is 12.5 Å². The number of hydrogen-bond donors (Lipinski definition) is 2. The first kappa shape index (κ1) is 13.9. The first-order valence-corrected chi connectivity index (χ1v) is 7.30. The summed E-state index contributed by atoms with van der Waals surface area (Å²) in [7, 11) is 0. The van der Waals surface area contributed by atoms with Gasteiger partial charge in [0.2, 0.25) is 0 Å². The molecular weight excluding hydrogens is 280 g/mol. The molecule has 0 radical (unpaired) electrons. The fourth-order valence-corrected chi connectivity index (χ4v) is 2.72. The van der Waals surface area contributed by atoms with Gasteiger partial charge in [0, 0.05) is 22.5 Å². The molecular formula is C14H15ClN2OS. The van der Waals surface area contributed by atoms with Crippen LogP contribution in [0.3, 0.4) is 0 Å². The molecule has 1 amide bonds. The van der Waals surface area contributed by atoms with Crippen LogP contribution >= 0.6 is 22.9 Å². The van der Waals surface area contributed by atoms with E-state index in [4.69, 9.17) is 17.3 Å². The zero-order valence-corrected chi connectivity index (χ0v) is 12.1. The average Bonchev–Trinajstić information content (AvgIpc) is 2.79. The lowest BCUT2D eigenvalue weighted by Crippen LogP contribution is -2.24. The maximum absolute atomic E-state index is 12.1. The van der Waals surface area contributed by atoms with Crippen molar-refractivity contribution in [2.75, 3.05) is 12.3 Å². The van der Waals surface area contributed by atoms with Crippen molar-refractivity contribution in [3.05, 3.63) is 40.2 Å². The van der Waals surface area contributed by atoms with Crippen molar-refractivity contribution in [1.82, 2.24) is 5.32 Å². The van der Waals surface area contributed by atoms with Gasteiger partial charge in [-0.1, -0.05) is 30.7 Å². The number of hydrogen-bond acceptors (Lipinski definition) is 3. The number of nitrogen functional groups attached to an aromatic ring is 1. The number of nitrogens with one attached hydrogen (secondary N) is 1. The number of benzene rings is 1.